The third-order valence-corrected chi connectivity index (χ3v) is 3.17. The van der Waals surface area contributed by atoms with Gasteiger partial charge in [-0.3, -0.25) is 4.79 Å². The van der Waals surface area contributed by atoms with Gasteiger partial charge in [0.2, 0.25) is 5.91 Å². The normalized spacial score (nSPS) is 10.8. The summed E-state index contributed by atoms with van der Waals surface area (Å²) >= 11 is 0. The Labute approximate surface area is 141 Å². The summed E-state index contributed by atoms with van der Waals surface area (Å²) in [4.78, 5) is 15.9. The molecule has 0 aliphatic heterocycles. The number of halogens is 3. The van der Waals surface area contributed by atoms with E-state index in [2.05, 4.69) is 10.3 Å². The molecular weight excluding hydrogens is 330 g/mol. The quantitative estimate of drug-likeness (QED) is 0.884. The van der Waals surface area contributed by atoms with Crippen molar-refractivity contribution in [3.8, 4) is 0 Å². The molecule has 8 heteroatoms. The van der Waals surface area contributed by atoms with Crippen LogP contribution in [-0.4, -0.2) is 27.5 Å². The van der Waals surface area contributed by atoms with Crippen molar-refractivity contribution >= 4 is 41.8 Å². The highest BCUT2D eigenvalue weighted by Crippen LogP contribution is 2.17. The summed E-state index contributed by atoms with van der Waals surface area (Å²) in [5.41, 5.74) is 5.88. The van der Waals surface area contributed by atoms with Crippen LogP contribution in [0.3, 0.4) is 0 Å². The summed E-state index contributed by atoms with van der Waals surface area (Å²) in [6, 6.07) is 4.86. The third kappa shape index (κ3) is 4.32. The van der Waals surface area contributed by atoms with Crippen LogP contribution in [-0.2, 0) is 18.3 Å². The zero-order chi connectivity index (χ0) is 14.9. The molecule has 2 aromatic rings. The van der Waals surface area contributed by atoms with E-state index in [1.54, 1.807) is 19.9 Å². The Balaban J connectivity index is 0.00000220. The second-order valence-corrected chi connectivity index (χ2v) is 5.42. The first-order chi connectivity index (χ1) is 9.30. The largest absolute Gasteiger partial charge is 0.354 e. The second kappa shape index (κ2) is 7.76. The number of aromatic nitrogens is 2. The van der Waals surface area contributed by atoms with E-state index in [-0.39, 0.29) is 36.5 Å². The summed E-state index contributed by atoms with van der Waals surface area (Å²) in [5, 5.41) is 2.75. The van der Waals surface area contributed by atoms with Crippen molar-refractivity contribution in [2.45, 2.75) is 25.8 Å². The van der Waals surface area contributed by atoms with Gasteiger partial charge in [0.05, 0.1) is 11.1 Å². The molecule has 22 heavy (non-hydrogen) atoms. The number of rotatable bonds is 4. The molecule has 124 valence electrons. The van der Waals surface area contributed by atoms with Crippen LogP contribution >= 0.6 is 24.8 Å². The Hall–Kier alpha value is -1.37. The second-order valence-electron chi connectivity index (χ2n) is 5.42. The lowest BCUT2D eigenvalue weighted by Crippen LogP contribution is -2.49. The molecule has 0 atom stereocenters. The van der Waals surface area contributed by atoms with Crippen molar-refractivity contribution in [2.24, 2.45) is 12.8 Å². The Kier molecular flexibility index (Phi) is 7.28. The van der Waals surface area contributed by atoms with Gasteiger partial charge in [-0.05, 0) is 26.0 Å². The molecule has 5 nitrogen and oxygen atoms in total. The minimum absolute atomic E-state index is 0. The van der Waals surface area contributed by atoms with Crippen LogP contribution in [0.1, 0.15) is 19.7 Å². The molecule has 1 aromatic carbocycles. The van der Waals surface area contributed by atoms with Crippen molar-refractivity contribution in [1.29, 1.82) is 0 Å². The van der Waals surface area contributed by atoms with Gasteiger partial charge in [-0.1, -0.05) is 6.07 Å². The zero-order valence-corrected chi connectivity index (χ0v) is 14.4. The molecule has 0 aliphatic carbocycles. The average molecular weight is 351 g/mol. The molecule has 1 heterocycles. The maximum atomic E-state index is 13.6. The van der Waals surface area contributed by atoms with Crippen molar-refractivity contribution in [1.82, 2.24) is 14.9 Å². The van der Waals surface area contributed by atoms with Crippen LogP contribution in [0, 0.1) is 5.82 Å². The number of fused-ring (bicyclic) bond motifs is 1. The number of nitrogens with two attached hydrogens (primary N) is 1. The molecule has 0 fully saturated rings. The lowest BCUT2D eigenvalue weighted by molar-refractivity contribution is -0.125. The van der Waals surface area contributed by atoms with Gasteiger partial charge < -0.3 is 15.6 Å². The van der Waals surface area contributed by atoms with E-state index < -0.39 is 5.54 Å². The summed E-state index contributed by atoms with van der Waals surface area (Å²) in [6.45, 7) is 3.71. The smallest absolute Gasteiger partial charge is 0.239 e. The van der Waals surface area contributed by atoms with Crippen molar-refractivity contribution < 1.29 is 9.18 Å². The van der Waals surface area contributed by atoms with Crippen LogP contribution in [0.4, 0.5) is 4.39 Å². The lowest BCUT2D eigenvalue weighted by Gasteiger charge is -2.17. The number of carbonyl (C=O) groups excluding carboxylic acids is 1. The number of hydrogen-bond donors (Lipinski definition) is 2. The number of para-hydroxylation sites is 1. The Bertz CT molecular complexity index is 652. The predicted octanol–water partition coefficient (Wildman–Crippen LogP) is 1.95. The van der Waals surface area contributed by atoms with E-state index in [0.29, 0.717) is 18.5 Å². The molecule has 0 radical (unpaired) electrons. The van der Waals surface area contributed by atoms with Gasteiger partial charge in [0.1, 0.15) is 11.3 Å². The van der Waals surface area contributed by atoms with E-state index in [1.807, 2.05) is 17.7 Å². The maximum Gasteiger partial charge on any atom is 0.239 e. The fraction of sp³-hybridized carbons (Fsp3) is 0.429. The fourth-order valence-electron chi connectivity index (χ4n) is 1.97. The maximum absolute atomic E-state index is 13.6. The number of benzene rings is 1. The van der Waals surface area contributed by atoms with Gasteiger partial charge >= 0.3 is 0 Å². The van der Waals surface area contributed by atoms with E-state index in [0.717, 1.165) is 11.3 Å². The van der Waals surface area contributed by atoms with Crippen molar-refractivity contribution in [3.05, 3.63) is 29.8 Å². The molecule has 3 N–H and O–H groups in total. The van der Waals surface area contributed by atoms with Crippen molar-refractivity contribution in [3.63, 3.8) is 0 Å². The van der Waals surface area contributed by atoms with E-state index in [9.17, 15) is 9.18 Å². The molecule has 1 amide bonds. The van der Waals surface area contributed by atoms with Gasteiger partial charge in [-0.15, -0.1) is 24.8 Å². The number of amides is 1. The third-order valence-electron chi connectivity index (χ3n) is 3.17. The van der Waals surface area contributed by atoms with Gasteiger partial charge in [-0.2, -0.15) is 0 Å². The van der Waals surface area contributed by atoms with E-state index in [4.69, 9.17) is 5.73 Å². The van der Waals surface area contributed by atoms with Crippen LogP contribution in [0.2, 0.25) is 0 Å². The minimum Gasteiger partial charge on any atom is -0.354 e. The molecular formula is C14H21Cl2FN4O. The molecule has 0 spiro atoms. The monoisotopic (exact) mass is 350 g/mol. The molecule has 2 rings (SSSR count). The minimum atomic E-state index is -0.904. The van der Waals surface area contributed by atoms with Crippen LogP contribution in [0.25, 0.3) is 11.0 Å². The number of nitrogens with one attached hydrogen (secondary N) is 1. The lowest BCUT2D eigenvalue weighted by atomic mass is 10.1. The van der Waals surface area contributed by atoms with Gasteiger partial charge in [-0.25, -0.2) is 9.37 Å². The summed E-state index contributed by atoms with van der Waals surface area (Å²) < 4.78 is 15.5. The number of carbonyl (C=O) groups is 1. The molecule has 0 bridgehead atoms. The predicted molar refractivity (Wildman–Crippen MR) is 90.1 cm³/mol. The summed E-state index contributed by atoms with van der Waals surface area (Å²) in [5.74, 6) is 0.166. The SMILES string of the molecule is Cl.Cl.Cn1c(CCNC(=O)C(C)(C)N)nc2c(F)cccc21. The zero-order valence-electron chi connectivity index (χ0n) is 12.7. The highest BCUT2D eigenvalue weighted by atomic mass is 35.5. The van der Waals surface area contributed by atoms with Crippen molar-refractivity contribution in [2.75, 3.05) is 6.54 Å². The Morgan fingerprint density at radius 3 is 2.59 bits per heavy atom. The topological polar surface area (TPSA) is 72.9 Å². The van der Waals surface area contributed by atoms with Gasteiger partial charge in [0, 0.05) is 20.0 Å². The van der Waals surface area contributed by atoms with E-state index >= 15 is 0 Å². The Morgan fingerprint density at radius 2 is 2.05 bits per heavy atom. The van der Waals surface area contributed by atoms with Crippen LogP contribution in [0.15, 0.2) is 18.2 Å². The standard InChI is InChI=1S/C14H19FN4O.2ClH/c1-14(2,16)13(20)17-8-7-11-18-12-9(15)5-4-6-10(12)19(11)3;;/h4-6H,7-8,16H2,1-3H3,(H,17,20);2*1H. The van der Waals surface area contributed by atoms with E-state index in [1.165, 1.54) is 6.07 Å². The average Bonchev–Trinajstić information content (AvgIpc) is 2.67. The first-order valence-corrected chi connectivity index (χ1v) is 6.47. The Morgan fingerprint density at radius 1 is 1.41 bits per heavy atom. The molecule has 0 saturated carbocycles. The van der Waals surface area contributed by atoms with Gasteiger partial charge in [0.25, 0.3) is 0 Å². The fourth-order valence-corrected chi connectivity index (χ4v) is 1.97. The molecule has 1 aromatic heterocycles. The number of aryl methyl sites for hydroxylation is 1. The number of imidazole rings is 1. The number of nitrogens with zero attached hydrogens (tertiary/aromatic N) is 2. The van der Waals surface area contributed by atoms with Gasteiger partial charge in [0.15, 0.2) is 5.82 Å². The summed E-state index contributed by atoms with van der Waals surface area (Å²) in [7, 11) is 1.83. The molecule has 0 saturated heterocycles. The highest BCUT2D eigenvalue weighted by Gasteiger charge is 2.21. The molecule has 0 aliphatic rings. The molecule has 0 unspecified atom stereocenters. The van der Waals surface area contributed by atoms with Crippen LogP contribution in [0.5, 0.6) is 0 Å². The first kappa shape index (κ1) is 20.6. The van der Waals surface area contributed by atoms with Crippen LogP contribution < -0.4 is 11.1 Å². The highest BCUT2D eigenvalue weighted by molar-refractivity contribution is 5.86. The first-order valence-electron chi connectivity index (χ1n) is 6.47. The summed E-state index contributed by atoms with van der Waals surface area (Å²) in [6.07, 6.45) is 0.520. The number of hydrogen-bond acceptors (Lipinski definition) is 3.